The molecule has 0 aliphatic heterocycles. The Labute approximate surface area is 83.1 Å². The zero-order chi connectivity index (χ0) is 9.26. The molecule has 1 aliphatic carbocycles. The highest BCUT2D eigenvalue weighted by Crippen LogP contribution is 2.22. The molecule has 0 heterocycles. The smallest absolute Gasteiger partial charge is 0.0635 e. The second kappa shape index (κ2) is 3.56. The zero-order valence-electron chi connectivity index (χ0n) is 7.39. The summed E-state index contributed by atoms with van der Waals surface area (Å²) >= 11 is 5.81. The van der Waals surface area contributed by atoms with Gasteiger partial charge in [0.1, 0.15) is 0 Å². The lowest BCUT2D eigenvalue weighted by molar-refractivity contribution is 0.688. The van der Waals surface area contributed by atoms with E-state index in [1.165, 1.54) is 18.4 Å². The molecule has 1 fully saturated rings. The highest BCUT2D eigenvalue weighted by molar-refractivity contribution is 6.33. The molecular formula is C10H13ClN2. The number of anilines is 1. The summed E-state index contributed by atoms with van der Waals surface area (Å²) in [5.41, 5.74) is 7.55. The SMILES string of the molecule is Nc1cc(CNC2CC2)ccc1Cl. The molecule has 1 aromatic rings. The maximum atomic E-state index is 5.81. The molecule has 1 saturated carbocycles. The van der Waals surface area contributed by atoms with E-state index in [4.69, 9.17) is 17.3 Å². The average molecular weight is 197 g/mol. The van der Waals surface area contributed by atoms with Gasteiger partial charge in [0.05, 0.1) is 10.7 Å². The first kappa shape index (κ1) is 8.85. The third kappa shape index (κ3) is 2.36. The molecule has 0 bridgehead atoms. The first-order valence-electron chi connectivity index (χ1n) is 4.53. The topological polar surface area (TPSA) is 38.0 Å². The lowest BCUT2D eigenvalue weighted by atomic mass is 10.2. The molecule has 70 valence electrons. The lowest BCUT2D eigenvalue weighted by Crippen LogP contribution is -2.15. The van der Waals surface area contributed by atoms with Gasteiger partial charge in [0, 0.05) is 12.6 Å². The van der Waals surface area contributed by atoms with Gasteiger partial charge in [-0.25, -0.2) is 0 Å². The molecule has 3 heteroatoms. The first-order chi connectivity index (χ1) is 6.25. The Morgan fingerprint density at radius 3 is 2.85 bits per heavy atom. The van der Waals surface area contributed by atoms with Crippen LogP contribution in [0, 0.1) is 0 Å². The van der Waals surface area contributed by atoms with Gasteiger partial charge in [-0.2, -0.15) is 0 Å². The van der Waals surface area contributed by atoms with Crippen molar-refractivity contribution in [2.75, 3.05) is 5.73 Å². The normalized spacial score (nSPS) is 16.1. The molecule has 2 nitrogen and oxygen atoms in total. The zero-order valence-corrected chi connectivity index (χ0v) is 8.14. The van der Waals surface area contributed by atoms with Crippen LogP contribution in [0.3, 0.4) is 0 Å². The quantitative estimate of drug-likeness (QED) is 0.728. The Balaban J connectivity index is 1.98. The van der Waals surface area contributed by atoms with Gasteiger partial charge in [0.2, 0.25) is 0 Å². The number of halogens is 1. The molecule has 0 aromatic heterocycles. The predicted molar refractivity (Wildman–Crippen MR) is 55.7 cm³/mol. The minimum atomic E-state index is 0.634. The molecule has 0 unspecified atom stereocenters. The first-order valence-corrected chi connectivity index (χ1v) is 4.91. The summed E-state index contributed by atoms with van der Waals surface area (Å²) in [4.78, 5) is 0. The van der Waals surface area contributed by atoms with E-state index in [0.717, 1.165) is 12.6 Å². The van der Waals surface area contributed by atoms with Gasteiger partial charge in [-0.15, -0.1) is 0 Å². The van der Waals surface area contributed by atoms with E-state index in [0.29, 0.717) is 10.7 Å². The van der Waals surface area contributed by atoms with Gasteiger partial charge in [-0.05, 0) is 30.5 Å². The van der Waals surface area contributed by atoms with Crippen molar-refractivity contribution in [2.45, 2.75) is 25.4 Å². The van der Waals surface area contributed by atoms with Crippen molar-refractivity contribution in [1.29, 1.82) is 0 Å². The molecule has 3 N–H and O–H groups in total. The van der Waals surface area contributed by atoms with Crippen LogP contribution >= 0.6 is 11.6 Å². The van der Waals surface area contributed by atoms with E-state index in [9.17, 15) is 0 Å². The molecule has 0 amide bonds. The Hall–Kier alpha value is -0.730. The minimum absolute atomic E-state index is 0.634. The molecule has 0 atom stereocenters. The molecule has 1 aliphatic rings. The van der Waals surface area contributed by atoms with E-state index < -0.39 is 0 Å². The largest absolute Gasteiger partial charge is 0.398 e. The lowest BCUT2D eigenvalue weighted by Gasteiger charge is -2.04. The van der Waals surface area contributed by atoms with Gasteiger partial charge >= 0.3 is 0 Å². The standard InChI is InChI=1S/C10H13ClN2/c11-9-4-1-7(5-10(9)12)6-13-8-2-3-8/h1,4-5,8,13H,2-3,6,12H2. The van der Waals surface area contributed by atoms with E-state index in [2.05, 4.69) is 5.32 Å². The van der Waals surface area contributed by atoms with Crippen LogP contribution < -0.4 is 11.1 Å². The molecule has 1 aromatic carbocycles. The summed E-state index contributed by atoms with van der Waals surface area (Å²) < 4.78 is 0. The van der Waals surface area contributed by atoms with E-state index in [1.807, 2.05) is 18.2 Å². The fourth-order valence-electron chi connectivity index (χ4n) is 1.25. The van der Waals surface area contributed by atoms with Gasteiger partial charge in [-0.1, -0.05) is 17.7 Å². The molecular weight excluding hydrogens is 184 g/mol. The Kier molecular flexibility index (Phi) is 2.42. The summed E-state index contributed by atoms with van der Waals surface area (Å²) in [6.45, 7) is 0.895. The van der Waals surface area contributed by atoms with Crippen LogP contribution in [0.2, 0.25) is 5.02 Å². The Morgan fingerprint density at radius 2 is 2.23 bits per heavy atom. The van der Waals surface area contributed by atoms with Crippen molar-refractivity contribution < 1.29 is 0 Å². The number of nitrogen functional groups attached to an aromatic ring is 1. The van der Waals surface area contributed by atoms with Crippen molar-refractivity contribution in [3.8, 4) is 0 Å². The van der Waals surface area contributed by atoms with Crippen LogP contribution in [0.5, 0.6) is 0 Å². The second-order valence-corrected chi connectivity index (χ2v) is 3.92. The fourth-order valence-corrected chi connectivity index (χ4v) is 1.37. The van der Waals surface area contributed by atoms with E-state index in [1.54, 1.807) is 0 Å². The van der Waals surface area contributed by atoms with Gasteiger partial charge in [-0.3, -0.25) is 0 Å². The van der Waals surface area contributed by atoms with Crippen LogP contribution in [-0.2, 0) is 6.54 Å². The predicted octanol–water partition coefficient (Wildman–Crippen LogP) is 2.17. The Bertz CT molecular complexity index is 308. The summed E-state index contributed by atoms with van der Waals surface area (Å²) in [6, 6.07) is 6.52. The van der Waals surface area contributed by atoms with Gasteiger partial charge < -0.3 is 11.1 Å². The number of nitrogens with one attached hydrogen (secondary N) is 1. The second-order valence-electron chi connectivity index (χ2n) is 3.51. The van der Waals surface area contributed by atoms with Crippen LogP contribution in [0.15, 0.2) is 18.2 Å². The van der Waals surface area contributed by atoms with Crippen molar-refractivity contribution in [3.63, 3.8) is 0 Å². The minimum Gasteiger partial charge on any atom is -0.398 e. The summed E-state index contributed by atoms with van der Waals surface area (Å²) in [5.74, 6) is 0. The van der Waals surface area contributed by atoms with Gasteiger partial charge in [0.25, 0.3) is 0 Å². The third-order valence-corrected chi connectivity index (χ3v) is 2.58. The summed E-state index contributed by atoms with van der Waals surface area (Å²) in [5, 5.41) is 4.06. The summed E-state index contributed by atoms with van der Waals surface area (Å²) in [6.07, 6.45) is 2.62. The number of rotatable bonds is 3. The molecule has 0 radical (unpaired) electrons. The Morgan fingerprint density at radius 1 is 1.46 bits per heavy atom. The van der Waals surface area contributed by atoms with Gasteiger partial charge in [0.15, 0.2) is 0 Å². The van der Waals surface area contributed by atoms with Crippen LogP contribution in [0.25, 0.3) is 0 Å². The average Bonchev–Trinajstić information content (AvgIpc) is 2.91. The number of hydrogen-bond donors (Lipinski definition) is 2. The van der Waals surface area contributed by atoms with Crippen molar-refractivity contribution in [1.82, 2.24) is 5.32 Å². The number of nitrogens with two attached hydrogens (primary N) is 1. The third-order valence-electron chi connectivity index (χ3n) is 2.23. The highest BCUT2D eigenvalue weighted by Gasteiger charge is 2.19. The fraction of sp³-hybridized carbons (Fsp3) is 0.400. The monoisotopic (exact) mass is 196 g/mol. The van der Waals surface area contributed by atoms with Crippen LogP contribution in [0.1, 0.15) is 18.4 Å². The summed E-state index contributed by atoms with van der Waals surface area (Å²) in [7, 11) is 0. The van der Waals surface area contributed by atoms with E-state index >= 15 is 0 Å². The molecule has 2 rings (SSSR count). The molecule has 0 saturated heterocycles. The van der Waals surface area contributed by atoms with Crippen molar-refractivity contribution >= 4 is 17.3 Å². The maximum Gasteiger partial charge on any atom is 0.0635 e. The van der Waals surface area contributed by atoms with Crippen molar-refractivity contribution in [2.24, 2.45) is 0 Å². The number of benzene rings is 1. The maximum absolute atomic E-state index is 5.81. The highest BCUT2D eigenvalue weighted by atomic mass is 35.5. The number of hydrogen-bond acceptors (Lipinski definition) is 2. The molecule has 0 spiro atoms. The van der Waals surface area contributed by atoms with Crippen LogP contribution in [0.4, 0.5) is 5.69 Å². The van der Waals surface area contributed by atoms with E-state index in [-0.39, 0.29) is 0 Å². The van der Waals surface area contributed by atoms with Crippen LogP contribution in [-0.4, -0.2) is 6.04 Å². The molecule has 13 heavy (non-hydrogen) atoms. The van der Waals surface area contributed by atoms with Crippen molar-refractivity contribution in [3.05, 3.63) is 28.8 Å².